The Morgan fingerprint density at radius 3 is 2.52 bits per heavy atom. The number of piperazine rings is 1. The fourth-order valence-corrected chi connectivity index (χ4v) is 4.31. The van der Waals surface area contributed by atoms with Gasteiger partial charge in [-0.1, -0.05) is 23.7 Å². The van der Waals surface area contributed by atoms with Gasteiger partial charge >= 0.3 is 6.55 Å². The standard InChI is InChI=1S/C15H17ClF2N4O2S/c16-13-3-1-2-12(8-13)10-20-4-6-21(7-5-20)25(23,24)14-9-19-22(11-14)15(17)18/h1-3,8-9,11,15H,4-7,10H2. The third-order valence-corrected chi connectivity index (χ3v) is 6.13. The molecule has 1 fully saturated rings. The molecule has 1 aromatic heterocycles. The molecule has 1 saturated heterocycles. The van der Waals surface area contributed by atoms with Crippen molar-refractivity contribution in [3.05, 3.63) is 47.2 Å². The van der Waals surface area contributed by atoms with Gasteiger partial charge in [-0.05, 0) is 17.7 Å². The molecule has 0 radical (unpaired) electrons. The molecule has 0 atom stereocenters. The summed E-state index contributed by atoms with van der Waals surface area (Å²) in [6.45, 7) is -0.495. The Morgan fingerprint density at radius 1 is 1.20 bits per heavy atom. The highest BCUT2D eigenvalue weighted by Crippen LogP contribution is 2.20. The van der Waals surface area contributed by atoms with Crippen molar-refractivity contribution in [3.8, 4) is 0 Å². The molecule has 136 valence electrons. The third kappa shape index (κ3) is 4.17. The zero-order chi connectivity index (χ0) is 18.0. The molecule has 0 amide bonds. The van der Waals surface area contributed by atoms with Crippen molar-refractivity contribution in [1.29, 1.82) is 0 Å². The molecule has 10 heteroatoms. The van der Waals surface area contributed by atoms with Gasteiger partial charge in [0.2, 0.25) is 10.0 Å². The van der Waals surface area contributed by atoms with Crippen molar-refractivity contribution in [1.82, 2.24) is 19.0 Å². The van der Waals surface area contributed by atoms with Crippen molar-refractivity contribution in [2.24, 2.45) is 0 Å². The first-order valence-electron chi connectivity index (χ1n) is 7.65. The number of benzene rings is 1. The second-order valence-electron chi connectivity index (χ2n) is 5.74. The first kappa shape index (κ1) is 18.2. The minimum atomic E-state index is -3.81. The number of aromatic nitrogens is 2. The number of nitrogens with zero attached hydrogens (tertiary/aromatic N) is 4. The molecule has 0 spiro atoms. The average molecular weight is 391 g/mol. The van der Waals surface area contributed by atoms with Gasteiger partial charge in [0, 0.05) is 37.7 Å². The number of hydrogen-bond acceptors (Lipinski definition) is 4. The Kier molecular flexibility index (Phi) is 5.38. The van der Waals surface area contributed by atoms with Crippen molar-refractivity contribution >= 4 is 21.6 Å². The Hall–Kier alpha value is -1.55. The fraction of sp³-hybridized carbons (Fsp3) is 0.400. The molecule has 3 rings (SSSR count). The van der Waals surface area contributed by atoms with Crippen LogP contribution in [-0.4, -0.2) is 53.6 Å². The van der Waals surface area contributed by atoms with Crippen LogP contribution in [0.1, 0.15) is 12.1 Å². The first-order valence-corrected chi connectivity index (χ1v) is 9.47. The fourth-order valence-electron chi connectivity index (χ4n) is 2.73. The molecule has 1 aromatic carbocycles. The number of alkyl halides is 2. The van der Waals surface area contributed by atoms with Crippen LogP contribution in [0.15, 0.2) is 41.6 Å². The van der Waals surface area contributed by atoms with Crippen LogP contribution in [0.4, 0.5) is 8.78 Å². The van der Waals surface area contributed by atoms with E-state index in [9.17, 15) is 17.2 Å². The highest BCUT2D eigenvalue weighted by atomic mass is 35.5. The van der Waals surface area contributed by atoms with Crippen molar-refractivity contribution in [2.75, 3.05) is 26.2 Å². The van der Waals surface area contributed by atoms with Crippen molar-refractivity contribution in [3.63, 3.8) is 0 Å². The predicted octanol–water partition coefficient (Wildman–Crippen LogP) is 2.44. The number of rotatable bonds is 5. The second-order valence-corrected chi connectivity index (χ2v) is 8.12. The van der Waals surface area contributed by atoms with Gasteiger partial charge in [0.25, 0.3) is 0 Å². The van der Waals surface area contributed by atoms with Crippen LogP contribution in [0.3, 0.4) is 0 Å². The van der Waals surface area contributed by atoms with Crippen LogP contribution in [0, 0.1) is 0 Å². The van der Waals surface area contributed by atoms with Crippen LogP contribution < -0.4 is 0 Å². The van der Waals surface area contributed by atoms with Gasteiger partial charge in [-0.3, -0.25) is 4.90 Å². The summed E-state index contributed by atoms with van der Waals surface area (Å²) in [5.41, 5.74) is 1.06. The molecule has 0 unspecified atom stereocenters. The normalized spacial score (nSPS) is 17.3. The maximum absolute atomic E-state index is 12.6. The van der Waals surface area contributed by atoms with Crippen molar-refractivity contribution in [2.45, 2.75) is 18.0 Å². The van der Waals surface area contributed by atoms with Gasteiger partial charge in [0.1, 0.15) is 4.90 Å². The van der Waals surface area contributed by atoms with Gasteiger partial charge in [-0.25, -0.2) is 13.1 Å². The Morgan fingerprint density at radius 2 is 1.92 bits per heavy atom. The van der Waals surface area contributed by atoms with Crippen LogP contribution in [0.25, 0.3) is 0 Å². The van der Waals surface area contributed by atoms with E-state index in [1.807, 2.05) is 18.2 Å². The lowest BCUT2D eigenvalue weighted by molar-refractivity contribution is 0.0563. The highest BCUT2D eigenvalue weighted by molar-refractivity contribution is 7.89. The molecular weight excluding hydrogens is 374 g/mol. The molecule has 0 N–H and O–H groups in total. The molecule has 1 aliphatic rings. The topological polar surface area (TPSA) is 58.4 Å². The van der Waals surface area contributed by atoms with E-state index in [2.05, 4.69) is 10.00 Å². The lowest BCUT2D eigenvalue weighted by Gasteiger charge is -2.33. The molecule has 1 aliphatic heterocycles. The van der Waals surface area contributed by atoms with E-state index in [-0.39, 0.29) is 4.90 Å². The molecule has 2 heterocycles. The lowest BCUT2D eigenvalue weighted by atomic mass is 10.2. The number of halogens is 3. The molecule has 25 heavy (non-hydrogen) atoms. The van der Waals surface area contributed by atoms with E-state index >= 15 is 0 Å². The van der Waals surface area contributed by atoms with Crippen LogP contribution >= 0.6 is 11.6 Å². The smallest absolute Gasteiger partial charge is 0.296 e. The SMILES string of the molecule is O=S(=O)(c1cnn(C(F)F)c1)N1CCN(Cc2cccc(Cl)c2)CC1. The van der Waals surface area contributed by atoms with E-state index in [1.165, 1.54) is 4.31 Å². The molecular formula is C15H17ClF2N4O2S. The van der Waals surface area contributed by atoms with Gasteiger partial charge < -0.3 is 0 Å². The van der Waals surface area contributed by atoms with E-state index < -0.39 is 16.6 Å². The predicted molar refractivity (Wildman–Crippen MR) is 89.0 cm³/mol. The third-order valence-electron chi connectivity index (χ3n) is 4.04. The van der Waals surface area contributed by atoms with Gasteiger partial charge in [-0.15, -0.1) is 0 Å². The average Bonchev–Trinajstić information content (AvgIpc) is 3.06. The quantitative estimate of drug-likeness (QED) is 0.786. The largest absolute Gasteiger partial charge is 0.333 e. The summed E-state index contributed by atoms with van der Waals surface area (Å²) in [5, 5.41) is 4.06. The van der Waals surface area contributed by atoms with Crippen LogP contribution in [0.2, 0.25) is 5.02 Å². The Bertz CT molecular complexity index is 836. The van der Waals surface area contributed by atoms with Crippen LogP contribution in [-0.2, 0) is 16.6 Å². The first-order chi connectivity index (χ1) is 11.9. The van der Waals surface area contributed by atoms with Gasteiger partial charge in [0.05, 0.1) is 12.4 Å². The zero-order valence-corrected chi connectivity index (χ0v) is 14.8. The molecule has 0 saturated carbocycles. The van der Waals surface area contributed by atoms with E-state index in [0.29, 0.717) is 42.4 Å². The summed E-state index contributed by atoms with van der Waals surface area (Å²) in [6.07, 6.45) is 1.82. The zero-order valence-electron chi connectivity index (χ0n) is 13.2. The summed E-state index contributed by atoms with van der Waals surface area (Å²) >= 11 is 5.97. The maximum atomic E-state index is 12.6. The van der Waals surface area contributed by atoms with Gasteiger partial charge in [-0.2, -0.15) is 18.2 Å². The van der Waals surface area contributed by atoms with E-state index in [0.717, 1.165) is 18.0 Å². The summed E-state index contributed by atoms with van der Waals surface area (Å²) in [4.78, 5) is 1.91. The summed E-state index contributed by atoms with van der Waals surface area (Å²) in [5.74, 6) is 0. The molecule has 0 bridgehead atoms. The number of sulfonamides is 1. The number of hydrogen-bond donors (Lipinski definition) is 0. The van der Waals surface area contributed by atoms with E-state index in [1.54, 1.807) is 6.07 Å². The van der Waals surface area contributed by atoms with Crippen LogP contribution in [0.5, 0.6) is 0 Å². The molecule has 6 nitrogen and oxygen atoms in total. The highest BCUT2D eigenvalue weighted by Gasteiger charge is 2.30. The van der Waals surface area contributed by atoms with Gasteiger partial charge in [0.15, 0.2) is 0 Å². The monoisotopic (exact) mass is 390 g/mol. The summed E-state index contributed by atoms with van der Waals surface area (Å²) < 4.78 is 51.8. The Labute approximate surface area is 149 Å². The summed E-state index contributed by atoms with van der Waals surface area (Å²) in [7, 11) is -3.81. The molecule has 0 aliphatic carbocycles. The molecule has 2 aromatic rings. The maximum Gasteiger partial charge on any atom is 0.333 e. The summed E-state index contributed by atoms with van der Waals surface area (Å²) in [6, 6.07) is 7.52. The minimum Gasteiger partial charge on any atom is -0.296 e. The van der Waals surface area contributed by atoms with E-state index in [4.69, 9.17) is 11.6 Å². The lowest BCUT2D eigenvalue weighted by Crippen LogP contribution is -2.48. The second kappa shape index (κ2) is 7.36. The minimum absolute atomic E-state index is 0.212. The van der Waals surface area contributed by atoms with Crippen molar-refractivity contribution < 1.29 is 17.2 Å². The Balaban J connectivity index is 1.62.